The van der Waals surface area contributed by atoms with Gasteiger partial charge < -0.3 is 39.5 Å². The number of amides is 3. The summed E-state index contributed by atoms with van der Waals surface area (Å²) in [5, 5.41) is 27.2. The van der Waals surface area contributed by atoms with E-state index in [0.29, 0.717) is 92.1 Å². The molecule has 0 radical (unpaired) electrons. The van der Waals surface area contributed by atoms with Crippen LogP contribution in [-0.2, 0) is 31.3 Å². The van der Waals surface area contributed by atoms with Gasteiger partial charge in [-0.3, -0.25) is 14.4 Å². The van der Waals surface area contributed by atoms with E-state index in [4.69, 9.17) is 14.2 Å². The van der Waals surface area contributed by atoms with Gasteiger partial charge in [-0.15, -0.1) is 0 Å². The number of nitrogens with one attached hydrogen (secondary N) is 1. The number of aliphatic hydroxyl groups excluding tert-OH is 1. The third-order valence-electron chi connectivity index (χ3n) is 24.4. The smallest absolute Gasteiger partial charge is 0.254 e. The van der Waals surface area contributed by atoms with E-state index in [0.717, 1.165) is 74.7 Å². The summed E-state index contributed by atoms with van der Waals surface area (Å²) in [6.07, 6.45) is 38.9. The molecule has 8 rings (SSSR count). The first kappa shape index (κ1) is 73.4. The minimum absolute atomic E-state index is 0.0152. The normalized spacial score (nSPS) is 26.4. The van der Waals surface area contributed by atoms with Gasteiger partial charge in [-0.1, -0.05) is 211 Å². The number of β-amino-alcohol motifs (C(OH)–C–C–N with tert-alkyl or cyclic N) is 1. The van der Waals surface area contributed by atoms with Crippen molar-refractivity contribution < 1.29 is 38.8 Å². The Morgan fingerprint density at radius 1 is 0.630 bits per heavy atom. The summed E-state index contributed by atoms with van der Waals surface area (Å²) >= 11 is 0. The van der Waals surface area contributed by atoms with Crippen molar-refractivity contribution in [2.24, 2.45) is 46.3 Å². The van der Waals surface area contributed by atoms with Crippen LogP contribution in [0.1, 0.15) is 282 Å². The Morgan fingerprint density at radius 3 is 1.74 bits per heavy atom. The van der Waals surface area contributed by atoms with Gasteiger partial charge in [-0.2, -0.15) is 0 Å². The van der Waals surface area contributed by atoms with E-state index in [1.807, 2.05) is 83.8 Å². The molecule has 5 fully saturated rings. The van der Waals surface area contributed by atoms with E-state index in [9.17, 15) is 24.6 Å². The number of aliphatic hydroxyl groups is 2. The van der Waals surface area contributed by atoms with Gasteiger partial charge in [0.05, 0.1) is 33.0 Å². The van der Waals surface area contributed by atoms with Crippen molar-refractivity contribution in [3.05, 3.63) is 95.6 Å². The number of carbonyl (C=O) groups is 3. The van der Waals surface area contributed by atoms with Crippen LogP contribution in [0.5, 0.6) is 11.5 Å². The Hall–Kier alpha value is -4.45. The molecule has 92 heavy (non-hydrogen) atoms. The van der Waals surface area contributed by atoms with Crippen molar-refractivity contribution >= 4 is 17.7 Å². The SMILES string of the molecule is CCCCCCCCCCCCN(CCCCCCCCCCCC)C(=O)[C@@]1(O)CC[C@@]2(C)C(CC[C@H]3[C@@H]4CC[C@H]([C@H](C)CCC(=O)NCCCCCC(=O)N5CC(O)CC5C(OCc5ccccc5)(c5ccc(OC)cc5)c5ccc(OC)cc5)[C@@]4(C)CC[C@@H]32)C1. The molecule has 11 nitrogen and oxygen atoms in total. The summed E-state index contributed by atoms with van der Waals surface area (Å²) in [7, 11) is 3.29. The van der Waals surface area contributed by atoms with Gasteiger partial charge in [0.25, 0.3) is 5.91 Å². The Morgan fingerprint density at radius 2 is 1.17 bits per heavy atom. The number of ether oxygens (including phenoxy) is 3. The first-order valence-electron chi connectivity index (χ1n) is 37.9. The van der Waals surface area contributed by atoms with Crippen LogP contribution in [0.2, 0.25) is 0 Å². The van der Waals surface area contributed by atoms with Crippen molar-refractivity contribution in [3.8, 4) is 11.5 Å². The van der Waals surface area contributed by atoms with E-state index in [1.54, 1.807) is 14.2 Å². The van der Waals surface area contributed by atoms with Gasteiger partial charge in [0.1, 0.15) is 22.7 Å². The number of hydrogen-bond donors (Lipinski definition) is 3. The van der Waals surface area contributed by atoms with Gasteiger partial charge >= 0.3 is 0 Å². The van der Waals surface area contributed by atoms with Crippen LogP contribution in [-0.4, -0.2) is 95.9 Å². The molecule has 3 aromatic carbocycles. The summed E-state index contributed by atoms with van der Waals surface area (Å²) < 4.78 is 18.3. The molecule has 1 heterocycles. The zero-order chi connectivity index (χ0) is 65.4. The number of methoxy groups -OCH3 is 2. The number of nitrogens with zero attached hydrogens (tertiary/aromatic N) is 2. The fourth-order valence-electron chi connectivity index (χ4n) is 18.9. The Labute approximate surface area is 558 Å². The van der Waals surface area contributed by atoms with E-state index in [1.165, 1.54) is 148 Å². The van der Waals surface area contributed by atoms with E-state index >= 15 is 0 Å². The molecule has 1 saturated heterocycles. The number of unbranched alkanes of at least 4 members (excludes halogenated alkanes) is 20. The molecule has 0 aromatic heterocycles. The summed E-state index contributed by atoms with van der Waals surface area (Å²) in [4.78, 5) is 46.8. The van der Waals surface area contributed by atoms with Gasteiger partial charge in [-0.05, 0) is 184 Å². The molecule has 514 valence electrons. The van der Waals surface area contributed by atoms with Crippen molar-refractivity contribution in [3.63, 3.8) is 0 Å². The molecular weight excluding hydrogens is 1140 g/mol. The van der Waals surface area contributed by atoms with Crippen LogP contribution in [0.4, 0.5) is 0 Å². The molecule has 3 unspecified atom stereocenters. The number of fused-ring (bicyclic) bond motifs is 5. The number of carbonyl (C=O) groups excluding carboxylic acids is 3. The Bertz CT molecular complexity index is 2560. The maximum absolute atomic E-state index is 14.8. The molecule has 5 aliphatic rings. The third kappa shape index (κ3) is 19.0. The molecule has 1 aliphatic heterocycles. The first-order chi connectivity index (χ1) is 44.6. The van der Waals surface area contributed by atoms with Crippen molar-refractivity contribution in [2.75, 3.05) is 40.4 Å². The Balaban J connectivity index is 0.786. The van der Waals surface area contributed by atoms with Crippen LogP contribution >= 0.6 is 0 Å². The fourth-order valence-corrected chi connectivity index (χ4v) is 18.9. The predicted molar refractivity (Wildman–Crippen MR) is 374 cm³/mol. The topological polar surface area (TPSA) is 138 Å². The quantitative estimate of drug-likeness (QED) is 0.0478. The van der Waals surface area contributed by atoms with Gasteiger partial charge in [0.15, 0.2) is 0 Å². The van der Waals surface area contributed by atoms with Crippen LogP contribution in [0.3, 0.4) is 0 Å². The highest BCUT2D eigenvalue weighted by Crippen LogP contribution is 2.69. The van der Waals surface area contributed by atoms with Crippen molar-refractivity contribution in [2.45, 2.75) is 296 Å². The predicted octanol–water partition coefficient (Wildman–Crippen LogP) is 18.3. The number of hydrogen-bond acceptors (Lipinski definition) is 8. The van der Waals surface area contributed by atoms with Crippen LogP contribution < -0.4 is 14.8 Å². The largest absolute Gasteiger partial charge is 0.497 e. The summed E-state index contributed by atoms with van der Waals surface area (Å²) in [5.74, 6) is 5.09. The van der Waals surface area contributed by atoms with E-state index in [-0.39, 0.29) is 41.7 Å². The fraction of sp³-hybridized carbons (Fsp3) is 0.741. The first-order valence-corrected chi connectivity index (χ1v) is 37.9. The van der Waals surface area contributed by atoms with E-state index in [2.05, 4.69) is 44.8 Å². The number of benzene rings is 3. The highest BCUT2D eigenvalue weighted by molar-refractivity contribution is 5.85. The van der Waals surface area contributed by atoms with Gasteiger partial charge in [0, 0.05) is 39.0 Å². The zero-order valence-electron chi connectivity index (χ0n) is 58.9. The summed E-state index contributed by atoms with van der Waals surface area (Å²) in [6.45, 7) is 14.9. The highest BCUT2D eigenvalue weighted by atomic mass is 16.5. The van der Waals surface area contributed by atoms with Crippen LogP contribution in [0.25, 0.3) is 0 Å². The molecule has 4 saturated carbocycles. The monoisotopic (exact) mass is 1270 g/mol. The lowest BCUT2D eigenvalue weighted by Gasteiger charge is -2.62. The molecular formula is C81H127N3O8. The second kappa shape index (κ2) is 36.6. The average molecular weight is 1270 g/mol. The molecule has 3 N–H and O–H groups in total. The standard InChI is InChI=1S/C81H127N3O8/c1-8-10-12-14-16-18-20-22-24-32-56-83(57-33-25-23-21-19-17-15-13-11-9-2)77(88)80(89)54-53-78(4)66(59-80)42-47-70-72-49-48-71(79(72,5)52-51-73(70)78)62(3)37-50-75(86)82-55-31-27-30-36-76(87)84-60-67(85)58-74(84)81(64-38-43-68(90-6)44-39-64,65-40-45-69(91-7)46-41-65)92-61-63-34-28-26-29-35-63/h26,28-29,34-35,38-41,43-46,62,66-67,70-74,85,89H,8-25,27,30-33,36-37,42,47-61H2,1-7H3,(H,82,86)/t62-,66?,67?,70+,71-,72+,73+,74?,78+,79-,80-/m1/s1. The lowest BCUT2D eigenvalue weighted by atomic mass is 9.43. The van der Waals surface area contributed by atoms with Crippen LogP contribution in [0.15, 0.2) is 78.9 Å². The minimum Gasteiger partial charge on any atom is -0.497 e. The lowest BCUT2D eigenvalue weighted by molar-refractivity contribution is -0.177. The van der Waals surface area contributed by atoms with Crippen LogP contribution in [0, 0.1) is 46.3 Å². The third-order valence-corrected chi connectivity index (χ3v) is 24.4. The average Bonchev–Trinajstić information content (AvgIpc) is 1.17. The summed E-state index contributed by atoms with van der Waals surface area (Å²) in [5.41, 5.74) is 0.790. The second-order valence-corrected chi connectivity index (χ2v) is 30.4. The molecule has 0 spiro atoms. The minimum atomic E-state index is -1.24. The maximum atomic E-state index is 14.8. The number of rotatable bonds is 41. The van der Waals surface area contributed by atoms with Crippen molar-refractivity contribution in [1.82, 2.24) is 15.1 Å². The molecule has 3 aromatic rings. The molecule has 11 atom stereocenters. The zero-order valence-corrected chi connectivity index (χ0v) is 58.9. The molecule has 3 amide bonds. The summed E-state index contributed by atoms with van der Waals surface area (Å²) in [6, 6.07) is 25.3. The second-order valence-electron chi connectivity index (χ2n) is 30.4. The number of likely N-dealkylation sites (tertiary alicyclic amines) is 1. The van der Waals surface area contributed by atoms with E-state index < -0.39 is 23.3 Å². The molecule has 11 heteroatoms. The van der Waals surface area contributed by atoms with Gasteiger partial charge in [-0.25, -0.2) is 0 Å². The lowest BCUT2D eigenvalue weighted by Crippen LogP contribution is -2.59. The van der Waals surface area contributed by atoms with Crippen molar-refractivity contribution in [1.29, 1.82) is 0 Å². The Kier molecular flexibility index (Phi) is 29.2. The highest BCUT2D eigenvalue weighted by Gasteiger charge is 2.63. The molecule has 0 bridgehead atoms. The maximum Gasteiger partial charge on any atom is 0.254 e. The molecule has 4 aliphatic carbocycles. The van der Waals surface area contributed by atoms with Gasteiger partial charge in [0.2, 0.25) is 11.8 Å².